The predicted octanol–water partition coefficient (Wildman–Crippen LogP) is 1.73. The number of amides is 1. The van der Waals surface area contributed by atoms with Gasteiger partial charge in [-0.25, -0.2) is 0 Å². The van der Waals surface area contributed by atoms with Gasteiger partial charge in [-0.05, 0) is 31.0 Å². The molecule has 1 saturated carbocycles. The van der Waals surface area contributed by atoms with Crippen molar-refractivity contribution in [1.82, 2.24) is 20.1 Å². The number of hydrogen-bond donors (Lipinski definition) is 2. The number of aromatic amines is 1. The van der Waals surface area contributed by atoms with Crippen molar-refractivity contribution in [1.29, 1.82) is 0 Å². The molecule has 1 aromatic rings. The van der Waals surface area contributed by atoms with Crippen molar-refractivity contribution in [2.45, 2.75) is 45.1 Å². The zero-order chi connectivity index (χ0) is 15.2. The van der Waals surface area contributed by atoms with Gasteiger partial charge in [0.1, 0.15) is 12.4 Å². The number of carbonyl (C=O) groups excluding carboxylic acids is 1. The van der Waals surface area contributed by atoms with E-state index in [0.29, 0.717) is 23.7 Å². The first kappa shape index (κ1) is 16.2. The first-order valence-corrected chi connectivity index (χ1v) is 7.97. The van der Waals surface area contributed by atoms with Crippen molar-refractivity contribution < 1.29 is 9.53 Å². The highest BCUT2D eigenvalue weighted by Gasteiger charge is 2.22. The van der Waals surface area contributed by atoms with Gasteiger partial charge < -0.3 is 14.6 Å². The van der Waals surface area contributed by atoms with Crippen molar-refractivity contribution in [3.8, 4) is 0 Å². The third kappa shape index (κ3) is 4.64. The molecule has 21 heavy (non-hydrogen) atoms. The van der Waals surface area contributed by atoms with Crippen LogP contribution in [0.1, 0.15) is 38.4 Å². The summed E-state index contributed by atoms with van der Waals surface area (Å²) < 4.78 is 8.13. The highest BCUT2D eigenvalue weighted by atomic mass is 32.1. The van der Waals surface area contributed by atoms with E-state index in [1.807, 2.05) is 11.6 Å². The second-order valence-electron chi connectivity index (χ2n) is 5.72. The number of nitrogens with zero attached hydrogens (tertiary/aromatic N) is 2. The Morgan fingerprint density at radius 2 is 2.29 bits per heavy atom. The maximum absolute atomic E-state index is 11.8. The molecule has 0 spiro atoms. The third-order valence-electron chi connectivity index (χ3n) is 4.10. The molecule has 1 aliphatic rings. The van der Waals surface area contributed by atoms with Crippen LogP contribution in [0.5, 0.6) is 0 Å². The Balaban J connectivity index is 1.65. The number of nitrogens with one attached hydrogen (secondary N) is 2. The summed E-state index contributed by atoms with van der Waals surface area (Å²) in [6.07, 6.45) is 5.63. The van der Waals surface area contributed by atoms with Gasteiger partial charge >= 0.3 is 0 Å². The van der Waals surface area contributed by atoms with Gasteiger partial charge in [0.25, 0.3) is 0 Å². The minimum absolute atomic E-state index is 0.0652. The molecule has 1 fully saturated rings. The highest BCUT2D eigenvalue weighted by molar-refractivity contribution is 7.71. The van der Waals surface area contributed by atoms with Gasteiger partial charge in [-0.1, -0.05) is 19.8 Å². The molecular formula is C14H24N4O2S. The Labute approximate surface area is 130 Å². The zero-order valence-corrected chi connectivity index (χ0v) is 13.5. The first-order chi connectivity index (χ1) is 10.1. The molecule has 0 aliphatic heterocycles. The smallest absolute Gasteiger partial charge is 0.246 e. The highest BCUT2D eigenvalue weighted by Crippen LogP contribution is 2.25. The lowest BCUT2D eigenvalue weighted by atomic mass is 9.88. The molecule has 2 rings (SSSR count). The lowest BCUT2D eigenvalue weighted by Crippen LogP contribution is -2.34. The summed E-state index contributed by atoms with van der Waals surface area (Å²) in [7, 11) is 1.86. The number of aromatic nitrogens is 3. The molecule has 0 aromatic carbocycles. The van der Waals surface area contributed by atoms with Crippen LogP contribution in [0.15, 0.2) is 0 Å². The van der Waals surface area contributed by atoms with Gasteiger partial charge in [0.05, 0.1) is 6.10 Å². The molecule has 7 heteroatoms. The lowest BCUT2D eigenvalue weighted by molar-refractivity contribution is -0.129. The quantitative estimate of drug-likeness (QED) is 0.785. The fourth-order valence-electron chi connectivity index (χ4n) is 2.68. The number of H-pyrrole nitrogens is 1. The second kappa shape index (κ2) is 7.70. The van der Waals surface area contributed by atoms with E-state index >= 15 is 0 Å². The van der Waals surface area contributed by atoms with Crippen LogP contribution >= 0.6 is 12.2 Å². The minimum atomic E-state index is -0.0652. The Morgan fingerprint density at radius 3 is 2.95 bits per heavy atom. The van der Waals surface area contributed by atoms with Gasteiger partial charge in [-0.3, -0.25) is 9.89 Å². The minimum Gasteiger partial charge on any atom is -0.368 e. The van der Waals surface area contributed by atoms with E-state index in [4.69, 9.17) is 17.0 Å². The molecule has 1 amide bonds. The lowest BCUT2D eigenvalue weighted by Gasteiger charge is -2.28. The Bertz CT molecular complexity index is 525. The molecule has 1 heterocycles. The van der Waals surface area contributed by atoms with E-state index in [2.05, 4.69) is 22.4 Å². The Kier molecular flexibility index (Phi) is 5.93. The van der Waals surface area contributed by atoms with Crippen molar-refractivity contribution in [3.63, 3.8) is 0 Å². The summed E-state index contributed by atoms with van der Waals surface area (Å²) in [6.45, 7) is 2.88. The topological polar surface area (TPSA) is 71.9 Å². The van der Waals surface area contributed by atoms with Gasteiger partial charge in [-0.15, -0.1) is 0 Å². The number of rotatable bonds is 6. The second-order valence-corrected chi connectivity index (χ2v) is 6.10. The molecular weight excluding hydrogens is 288 g/mol. The van der Waals surface area contributed by atoms with Gasteiger partial charge in [0.2, 0.25) is 5.91 Å². The summed E-state index contributed by atoms with van der Waals surface area (Å²) >= 11 is 5.04. The molecule has 1 aromatic heterocycles. The third-order valence-corrected chi connectivity index (χ3v) is 4.47. The number of carbonyl (C=O) groups is 1. The molecule has 0 unspecified atom stereocenters. The SMILES string of the molecule is C[C@H]1CCCC[C@H]1OCC(=O)NCCc1n[nH]c(=S)n1C. The normalized spacial score (nSPS) is 22.2. The Hall–Kier alpha value is -1.21. The summed E-state index contributed by atoms with van der Waals surface area (Å²) in [5.41, 5.74) is 0. The van der Waals surface area contributed by atoms with Crippen molar-refractivity contribution in [2.24, 2.45) is 13.0 Å². The Morgan fingerprint density at radius 1 is 1.52 bits per heavy atom. The fraction of sp³-hybridized carbons (Fsp3) is 0.786. The molecule has 2 atom stereocenters. The average Bonchev–Trinajstić information content (AvgIpc) is 2.78. The standard InChI is InChI=1S/C14H24N4O2S/c1-10-5-3-4-6-11(10)20-9-13(19)15-8-7-12-16-17-14(21)18(12)2/h10-11H,3-9H2,1-2H3,(H,15,19)(H,17,21)/t10-,11+/m0/s1. The fourth-order valence-corrected chi connectivity index (χ4v) is 2.83. The summed E-state index contributed by atoms with van der Waals surface area (Å²) in [5, 5.41) is 9.69. The van der Waals surface area contributed by atoms with Gasteiger partial charge in [-0.2, -0.15) is 5.10 Å². The summed E-state index contributed by atoms with van der Waals surface area (Å²) in [4.78, 5) is 11.8. The predicted molar refractivity (Wildman–Crippen MR) is 82.5 cm³/mol. The molecule has 0 saturated heterocycles. The van der Waals surface area contributed by atoms with Crippen molar-refractivity contribution >= 4 is 18.1 Å². The van der Waals surface area contributed by atoms with Crippen molar-refractivity contribution in [2.75, 3.05) is 13.2 Å². The molecule has 2 N–H and O–H groups in total. The van der Waals surface area contributed by atoms with Crippen LogP contribution in [0.2, 0.25) is 0 Å². The van der Waals surface area contributed by atoms with Crippen LogP contribution in [0.3, 0.4) is 0 Å². The average molecular weight is 312 g/mol. The van der Waals surface area contributed by atoms with Crippen LogP contribution in [0.4, 0.5) is 0 Å². The summed E-state index contributed by atoms with van der Waals surface area (Å²) in [6, 6.07) is 0. The van der Waals surface area contributed by atoms with E-state index in [0.717, 1.165) is 12.2 Å². The van der Waals surface area contributed by atoms with Crippen LogP contribution in [0.25, 0.3) is 0 Å². The molecule has 0 radical (unpaired) electrons. The monoisotopic (exact) mass is 312 g/mol. The van der Waals surface area contributed by atoms with Crippen LogP contribution in [0, 0.1) is 10.7 Å². The van der Waals surface area contributed by atoms with E-state index in [9.17, 15) is 4.79 Å². The molecule has 6 nitrogen and oxygen atoms in total. The molecule has 0 bridgehead atoms. The zero-order valence-electron chi connectivity index (χ0n) is 12.7. The van der Waals surface area contributed by atoms with Crippen LogP contribution < -0.4 is 5.32 Å². The first-order valence-electron chi connectivity index (χ1n) is 7.56. The van der Waals surface area contributed by atoms with E-state index < -0.39 is 0 Å². The largest absolute Gasteiger partial charge is 0.368 e. The van der Waals surface area contributed by atoms with E-state index in [-0.39, 0.29) is 18.6 Å². The summed E-state index contributed by atoms with van der Waals surface area (Å²) in [5.74, 6) is 1.33. The van der Waals surface area contributed by atoms with E-state index in [1.165, 1.54) is 19.3 Å². The van der Waals surface area contributed by atoms with Gasteiger partial charge in [0, 0.05) is 20.0 Å². The maximum atomic E-state index is 11.8. The number of hydrogen-bond acceptors (Lipinski definition) is 4. The molecule has 118 valence electrons. The number of ether oxygens (including phenoxy) is 1. The van der Waals surface area contributed by atoms with E-state index in [1.54, 1.807) is 0 Å². The van der Waals surface area contributed by atoms with Crippen LogP contribution in [-0.2, 0) is 23.0 Å². The van der Waals surface area contributed by atoms with Crippen LogP contribution in [-0.4, -0.2) is 39.9 Å². The van der Waals surface area contributed by atoms with Gasteiger partial charge in [0.15, 0.2) is 4.77 Å². The molecule has 1 aliphatic carbocycles. The van der Waals surface area contributed by atoms with Crippen molar-refractivity contribution in [3.05, 3.63) is 10.6 Å². The maximum Gasteiger partial charge on any atom is 0.246 e.